The Morgan fingerprint density at radius 3 is 2.52 bits per heavy atom. The molecule has 1 aliphatic heterocycles. The van der Waals surface area contributed by atoms with Gasteiger partial charge in [0.25, 0.3) is 5.91 Å². The maximum absolute atomic E-state index is 12.9. The summed E-state index contributed by atoms with van der Waals surface area (Å²) in [5, 5.41) is 12.0. The molecule has 1 aliphatic rings. The number of hydrogen-bond donors (Lipinski definition) is 1. The van der Waals surface area contributed by atoms with Crippen LogP contribution >= 0.6 is 11.8 Å². The highest BCUT2D eigenvalue weighted by Gasteiger charge is 2.34. The van der Waals surface area contributed by atoms with Crippen LogP contribution in [0.15, 0.2) is 59.1 Å². The first-order chi connectivity index (χ1) is 13.7. The van der Waals surface area contributed by atoms with Crippen LogP contribution in [-0.4, -0.2) is 17.6 Å². The van der Waals surface area contributed by atoms with Gasteiger partial charge in [0.2, 0.25) is 5.91 Å². The van der Waals surface area contributed by atoms with Gasteiger partial charge < -0.3 is 5.32 Å². The monoisotopic (exact) mass is 417 g/mol. The molecule has 0 atom stereocenters. The average molecular weight is 417 g/mol. The zero-order valence-electron chi connectivity index (χ0n) is 15.1. The molecule has 2 amide bonds. The summed E-state index contributed by atoms with van der Waals surface area (Å²) in [6.07, 6.45) is -4.56. The first kappa shape index (κ1) is 20.5. The largest absolute Gasteiger partial charge is 0.416 e. The zero-order chi connectivity index (χ0) is 21.2. The summed E-state index contributed by atoms with van der Waals surface area (Å²) in [4.78, 5) is 26.2. The van der Waals surface area contributed by atoms with Gasteiger partial charge in [-0.1, -0.05) is 35.5 Å². The quantitative estimate of drug-likeness (QED) is 0.591. The van der Waals surface area contributed by atoms with Crippen molar-refractivity contribution in [1.82, 2.24) is 0 Å². The number of nitrogens with one attached hydrogen (secondary N) is 1. The van der Waals surface area contributed by atoms with Crippen LogP contribution in [0.25, 0.3) is 0 Å². The summed E-state index contributed by atoms with van der Waals surface area (Å²) < 4.78 is 38.6. The van der Waals surface area contributed by atoms with Gasteiger partial charge in [0.05, 0.1) is 11.3 Å². The lowest BCUT2D eigenvalue weighted by Gasteiger charge is -2.18. The first-order valence-corrected chi connectivity index (χ1v) is 9.34. The third kappa shape index (κ3) is 4.43. The summed E-state index contributed by atoms with van der Waals surface area (Å²) in [7, 11) is 0. The molecule has 148 valence electrons. The van der Waals surface area contributed by atoms with Crippen LogP contribution in [0.3, 0.4) is 0 Å². The Balaban J connectivity index is 1.94. The summed E-state index contributed by atoms with van der Waals surface area (Å²) in [5.74, 6) is -1.14. The van der Waals surface area contributed by atoms with Crippen molar-refractivity contribution >= 4 is 35.0 Å². The van der Waals surface area contributed by atoms with Gasteiger partial charge in [-0.2, -0.15) is 18.4 Å². The van der Waals surface area contributed by atoms with E-state index in [1.807, 2.05) is 6.92 Å². The molecule has 0 unspecified atom stereocenters. The van der Waals surface area contributed by atoms with Crippen LogP contribution in [0.2, 0.25) is 0 Å². The Hall–Kier alpha value is -3.25. The van der Waals surface area contributed by atoms with E-state index in [4.69, 9.17) is 0 Å². The molecule has 1 N–H and O–H groups in total. The second kappa shape index (κ2) is 8.01. The molecule has 0 aliphatic carbocycles. The number of halogens is 3. The Morgan fingerprint density at radius 2 is 1.90 bits per heavy atom. The number of aryl methyl sites for hydroxylation is 1. The highest BCUT2D eigenvalue weighted by atomic mass is 32.2. The number of nitriles is 1. The van der Waals surface area contributed by atoms with Gasteiger partial charge in [0.15, 0.2) is 0 Å². The Labute approximate surface area is 168 Å². The van der Waals surface area contributed by atoms with Crippen LogP contribution in [-0.2, 0) is 15.8 Å². The second-order valence-electron chi connectivity index (χ2n) is 6.18. The van der Waals surface area contributed by atoms with Crippen molar-refractivity contribution in [1.29, 1.82) is 5.26 Å². The number of benzene rings is 2. The Morgan fingerprint density at radius 1 is 1.21 bits per heavy atom. The lowest BCUT2D eigenvalue weighted by atomic mass is 10.2. The van der Waals surface area contributed by atoms with Gasteiger partial charge >= 0.3 is 6.18 Å². The maximum atomic E-state index is 12.9. The van der Waals surface area contributed by atoms with E-state index in [1.54, 1.807) is 30.3 Å². The van der Waals surface area contributed by atoms with Crippen molar-refractivity contribution in [3.63, 3.8) is 0 Å². The average Bonchev–Trinajstić information content (AvgIpc) is 3.04. The predicted octanol–water partition coefficient (Wildman–Crippen LogP) is 4.47. The smallest absolute Gasteiger partial charge is 0.321 e. The highest BCUT2D eigenvalue weighted by molar-refractivity contribution is 8.04. The number of rotatable bonds is 3. The molecule has 1 heterocycles. The molecule has 3 rings (SSSR count). The molecule has 0 saturated carbocycles. The second-order valence-corrected chi connectivity index (χ2v) is 7.14. The normalized spacial score (nSPS) is 15.8. The van der Waals surface area contributed by atoms with Crippen LogP contribution in [0.1, 0.15) is 11.1 Å². The van der Waals surface area contributed by atoms with Gasteiger partial charge in [0.1, 0.15) is 16.7 Å². The van der Waals surface area contributed by atoms with Crippen LogP contribution in [0, 0.1) is 18.3 Å². The van der Waals surface area contributed by atoms with E-state index < -0.39 is 17.6 Å². The number of hydrogen-bond acceptors (Lipinski definition) is 4. The van der Waals surface area contributed by atoms with E-state index in [1.165, 1.54) is 11.0 Å². The van der Waals surface area contributed by atoms with Crippen LogP contribution < -0.4 is 10.2 Å². The molecular weight excluding hydrogens is 403 g/mol. The standard InChI is InChI=1S/C20H14F3N3O2S/c1-12-5-7-15(8-6-12)26-17(27)11-29-19(26)16(10-24)18(28)25-14-4-2-3-13(9-14)20(21,22)23/h2-9H,11H2,1H3,(H,25,28). The van der Waals surface area contributed by atoms with Gasteiger partial charge in [0, 0.05) is 11.4 Å². The molecule has 0 spiro atoms. The van der Waals surface area contributed by atoms with Crippen molar-refractivity contribution in [2.24, 2.45) is 0 Å². The van der Waals surface area contributed by atoms with Crippen molar-refractivity contribution < 1.29 is 22.8 Å². The molecule has 9 heteroatoms. The summed E-state index contributed by atoms with van der Waals surface area (Å²) in [5.41, 5.74) is 0.1000. The van der Waals surface area contributed by atoms with Crippen molar-refractivity contribution in [3.05, 3.63) is 70.3 Å². The molecule has 1 saturated heterocycles. The van der Waals surface area contributed by atoms with E-state index in [0.717, 1.165) is 35.5 Å². The van der Waals surface area contributed by atoms with E-state index in [0.29, 0.717) is 5.69 Å². The first-order valence-electron chi connectivity index (χ1n) is 8.36. The maximum Gasteiger partial charge on any atom is 0.416 e. The number of thioether (sulfide) groups is 1. The van der Waals surface area contributed by atoms with E-state index in [2.05, 4.69) is 5.32 Å². The highest BCUT2D eigenvalue weighted by Crippen LogP contribution is 2.36. The minimum Gasteiger partial charge on any atom is -0.321 e. The summed E-state index contributed by atoms with van der Waals surface area (Å²) >= 11 is 1.03. The number of amides is 2. The van der Waals surface area contributed by atoms with Crippen molar-refractivity contribution in [3.8, 4) is 6.07 Å². The number of anilines is 2. The predicted molar refractivity (Wildman–Crippen MR) is 104 cm³/mol. The van der Waals surface area contributed by atoms with E-state index in [-0.39, 0.29) is 27.9 Å². The third-order valence-electron chi connectivity index (χ3n) is 4.08. The number of nitrogens with zero attached hydrogens (tertiary/aromatic N) is 2. The third-order valence-corrected chi connectivity index (χ3v) is 5.13. The number of alkyl halides is 3. The molecule has 0 bridgehead atoms. The summed E-state index contributed by atoms with van der Waals surface area (Å²) in [6.45, 7) is 1.88. The van der Waals surface area contributed by atoms with Gasteiger partial charge in [-0.25, -0.2) is 0 Å². The lowest BCUT2D eigenvalue weighted by molar-refractivity contribution is -0.137. The fraction of sp³-hybridized carbons (Fsp3) is 0.150. The Bertz CT molecular complexity index is 1040. The Kier molecular flexibility index (Phi) is 5.66. The van der Waals surface area contributed by atoms with E-state index in [9.17, 15) is 28.0 Å². The number of carbonyl (C=O) groups is 2. The fourth-order valence-electron chi connectivity index (χ4n) is 2.67. The molecule has 29 heavy (non-hydrogen) atoms. The molecular formula is C20H14F3N3O2S. The topological polar surface area (TPSA) is 73.2 Å². The molecule has 2 aromatic carbocycles. The number of carbonyl (C=O) groups excluding carboxylic acids is 2. The minimum absolute atomic E-state index is 0.0469. The molecule has 5 nitrogen and oxygen atoms in total. The van der Waals surface area contributed by atoms with Crippen LogP contribution in [0.5, 0.6) is 0 Å². The van der Waals surface area contributed by atoms with Crippen molar-refractivity contribution in [2.75, 3.05) is 16.0 Å². The zero-order valence-corrected chi connectivity index (χ0v) is 15.9. The van der Waals surface area contributed by atoms with Crippen LogP contribution in [0.4, 0.5) is 24.5 Å². The van der Waals surface area contributed by atoms with Gasteiger partial charge in [-0.3, -0.25) is 14.5 Å². The SMILES string of the molecule is Cc1ccc(N2C(=O)CSC2=C(C#N)C(=O)Nc2cccc(C(F)(F)F)c2)cc1. The molecule has 0 radical (unpaired) electrons. The molecule has 0 aromatic heterocycles. The fourth-order valence-corrected chi connectivity index (χ4v) is 3.68. The lowest BCUT2D eigenvalue weighted by Crippen LogP contribution is -2.27. The summed E-state index contributed by atoms with van der Waals surface area (Å²) in [6, 6.07) is 12.8. The van der Waals surface area contributed by atoms with Gasteiger partial charge in [-0.05, 0) is 37.3 Å². The molecule has 1 fully saturated rings. The molecule has 2 aromatic rings. The minimum atomic E-state index is -4.56. The van der Waals surface area contributed by atoms with Crippen molar-refractivity contribution in [2.45, 2.75) is 13.1 Å². The van der Waals surface area contributed by atoms with Gasteiger partial charge in [-0.15, -0.1) is 0 Å². The van der Waals surface area contributed by atoms with E-state index >= 15 is 0 Å².